The summed E-state index contributed by atoms with van der Waals surface area (Å²) < 4.78 is 0. The van der Waals surface area contributed by atoms with E-state index in [2.05, 4.69) is 70.0 Å². The predicted molar refractivity (Wildman–Crippen MR) is 90.9 cm³/mol. The molecule has 20 heavy (non-hydrogen) atoms. The molecule has 0 fully saturated rings. The van der Waals surface area contributed by atoms with Gasteiger partial charge < -0.3 is 10.2 Å². The highest BCUT2D eigenvalue weighted by Crippen LogP contribution is 2.30. The Morgan fingerprint density at radius 1 is 1.15 bits per heavy atom. The van der Waals surface area contributed by atoms with Crippen LogP contribution < -0.4 is 10.2 Å². The lowest BCUT2D eigenvalue weighted by atomic mass is 10.1. The van der Waals surface area contributed by atoms with Gasteiger partial charge in [-0.1, -0.05) is 38.4 Å². The van der Waals surface area contributed by atoms with Crippen LogP contribution in [-0.4, -0.2) is 19.1 Å². The molecular formula is C17H29ClN2. The molecule has 0 saturated carbocycles. The van der Waals surface area contributed by atoms with Crippen molar-refractivity contribution < 1.29 is 0 Å². The Hall–Kier alpha value is -0.730. The standard InChI is InChI=1S/C17H29ClN2/c1-7-19-14(6)15-8-9-17(16(18)10-15)20(13(4)5)11-12(2)3/h8-10,12-14,19H,7,11H2,1-6H3. The van der Waals surface area contributed by atoms with Crippen LogP contribution in [0.4, 0.5) is 5.69 Å². The Kier molecular flexibility index (Phi) is 6.84. The van der Waals surface area contributed by atoms with Gasteiger partial charge in [0.05, 0.1) is 10.7 Å². The minimum absolute atomic E-state index is 0.337. The second-order valence-electron chi connectivity index (χ2n) is 6.13. The molecule has 1 unspecified atom stereocenters. The summed E-state index contributed by atoms with van der Waals surface area (Å²) in [6, 6.07) is 7.23. The van der Waals surface area contributed by atoms with Crippen molar-refractivity contribution in [3.05, 3.63) is 28.8 Å². The number of anilines is 1. The van der Waals surface area contributed by atoms with E-state index in [0.717, 1.165) is 23.8 Å². The van der Waals surface area contributed by atoms with Gasteiger partial charge >= 0.3 is 0 Å². The van der Waals surface area contributed by atoms with Crippen LogP contribution in [0.25, 0.3) is 0 Å². The van der Waals surface area contributed by atoms with E-state index in [-0.39, 0.29) is 0 Å². The topological polar surface area (TPSA) is 15.3 Å². The van der Waals surface area contributed by atoms with Gasteiger partial charge in [-0.25, -0.2) is 0 Å². The van der Waals surface area contributed by atoms with Gasteiger partial charge in [0.2, 0.25) is 0 Å². The van der Waals surface area contributed by atoms with E-state index in [1.807, 2.05) is 0 Å². The second-order valence-corrected chi connectivity index (χ2v) is 6.54. The molecule has 1 rings (SSSR count). The van der Waals surface area contributed by atoms with Gasteiger partial charge in [0.25, 0.3) is 0 Å². The fourth-order valence-electron chi connectivity index (χ4n) is 2.43. The van der Waals surface area contributed by atoms with Gasteiger partial charge in [-0.15, -0.1) is 0 Å². The van der Waals surface area contributed by atoms with Crippen LogP contribution in [0.2, 0.25) is 5.02 Å². The van der Waals surface area contributed by atoms with E-state index in [1.165, 1.54) is 5.56 Å². The number of hydrogen-bond donors (Lipinski definition) is 1. The predicted octanol–water partition coefficient (Wildman–Crippen LogP) is 4.88. The summed E-state index contributed by atoms with van der Waals surface area (Å²) in [7, 11) is 0. The van der Waals surface area contributed by atoms with Crippen molar-refractivity contribution in [1.82, 2.24) is 5.32 Å². The third-order valence-electron chi connectivity index (χ3n) is 3.48. The largest absolute Gasteiger partial charge is 0.368 e. The first kappa shape index (κ1) is 17.3. The molecule has 3 heteroatoms. The van der Waals surface area contributed by atoms with Crippen LogP contribution in [0.3, 0.4) is 0 Å². The molecule has 0 spiro atoms. The number of nitrogens with zero attached hydrogens (tertiary/aromatic N) is 1. The van der Waals surface area contributed by atoms with Crippen molar-refractivity contribution in [2.75, 3.05) is 18.0 Å². The maximum Gasteiger partial charge on any atom is 0.0642 e. The molecule has 114 valence electrons. The molecule has 0 amide bonds. The fraction of sp³-hybridized carbons (Fsp3) is 0.647. The average Bonchev–Trinajstić information content (AvgIpc) is 2.36. The lowest BCUT2D eigenvalue weighted by Gasteiger charge is -2.32. The summed E-state index contributed by atoms with van der Waals surface area (Å²) in [5, 5.41) is 4.27. The zero-order valence-corrected chi connectivity index (χ0v) is 14.5. The van der Waals surface area contributed by atoms with Crippen LogP contribution in [-0.2, 0) is 0 Å². The zero-order valence-electron chi connectivity index (χ0n) is 13.7. The van der Waals surface area contributed by atoms with Crippen molar-refractivity contribution in [2.45, 2.75) is 53.6 Å². The van der Waals surface area contributed by atoms with E-state index in [4.69, 9.17) is 11.6 Å². The smallest absolute Gasteiger partial charge is 0.0642 e. The molecule has 0 bridgehead atoms. The average molecular weight is 297 g/mol. The third kappa shape index (κ3) is 4.68. The Morgan fingerprint density at radius 3 is 2.25 bits per heavy atom. The van der Waals surface area contributed by atoms with Gasteiger partial charge in [-0.2, -0.15) is 0 Å². The van der Waals surface area contributed by atoms with E-state index < -0.39 is 0 Å². The number of halogens is 1. The Morgan fingerprint density at radius 2 is 1.80 bits per heavy atom. The van der Waals surface area contributed by atoms with Crippen LogP contribution >= 0.6 is 11.6 Å². The molecule has 0 aliphatic heterocycles. The lowest BCUT2D eigenvalue weighted by molar-refractivity contribution is 0.570. The first-order valence-electron chi connectivity index (χ1n) is 7.66. The highest BCUT2D eigenvalue weighted by Gasteiger charge is 2.16. The molecule has 0 aromatic heterocycles. The van der Waals surface area contributed by atoms with Gasteiger partial charge in [0.1, 0.15) is 0 Å². The molecule has 1 N–H and O–H groups in total. The number of rotatable bonds is 7. The molecule has 1 aromatic carbocycles. The summed E-state index contributed by atoms with van der Waals surface area (Å²) in [6.07, 6.45) is 0. The summed E-state index contributed by atoms with van der Waals surface area (Å²) in [5.41, 5.74) is 2.39. The Bertz CT molecular complexity index is 415. The van der Waals surface area contributed by atoms with Crippen molar-refractivity contribution >= 4 is 17.3 Å². The van der Waals surface area contributed by atoms with E-state index in [1.54, 1.807) is 0 Å². The number of nitrogens with one attached hydrogen (secondary N) is 1. The molecule has 1 atom stereocenters. The maximum atomic E-state index is 6.53. The van der Waals surface area contributed by atoms with Gasteiger partial charge in [0, 0.05) is 18.6 Å². The van der Waals surface area contributed by atoms with Crippen LogP contribution in [0, 0.1) is 5.92 Å². The van der Waals surface area contributed by atoms with E-state index in [9.17, 15) is 0 Å². The van der Waals surface area contributed by atoms with Crippen LogP contribution in [0.5, 0.6) is 0 Å². The van der Waals surface area contributed by atoms with E-state index in [0.29, 0.717) is 18.0 Å². The van der Waals surface area contributed by atoms with E-state index >= 15 is 0 Å². The molecular weight excluding hydrogens is 268 g/mol. The Balaban J connectivity index is 3.00. The Labute approximate surface area is 129 Å². The molecule has 0 aliphatic carbocycles. The van der Waals surface area contributed by atoms with Crippen LogP contribution in [0.1, 0.15) is 53.1 Å². The first-order chi connectivity index (χ1) is 9.36. The number of benzene rings is 1. The first-order valence-corrected chi connectivity index (χ1v) is 8.04. The third-order valence-corrected chi connectivity index (χ3v) is 3.78. The molecule has 1 aromatic rings. The van der Waals surface area contributed by atoms with Gasteiger partial charge in [0.15, 0.2) is 0 Å². The molecule has 0 saturated heterocycles. The lowest BCUT2D eigenvalue weighted by Crippen LogP contribution is -2.34. The fourth-order valence-corrected chi connectivity index (χ4v) is 2.73. The minimum Gasteiger partial charge on any atom is -0.368 e. The second kappa shape index (κ2) is 7.90. The molecule has 0 heterocycles. The quantitative estimate of drug-likeness (QED) is 0.771. The number of hydrogen-bond acceptors (Lipinski definition) is 2. The van der Waals surface area contributed by atoms with Gasteiger partial charge in [-0.3, -0.25) is 0 Å². The molecule has 0 radical (unpaired) electrons. The SMILES string of the molecule is CCNC(C)c1ccc(N(CC(C)C)C(C)C)c(Cl)c1. The van der Waals surface area contributed by atoms with Crippen molar-refractivity contribution in [1.29, 1.82) is 0 Å². The van der Waals surface area contributed by atoms with Crippen molar-refractivity contribution in [3.63, 3.8) is 0 Å². The van der Waals surface area contributed by atoms with Crippen molar-refractivity contribution in [2.24, 2.45) is 5.92 Å². The minimum atomic E-state index is 0.337. The van der Waals surface area contributed by atoms with Crippen LogP contribution in [0.15, 0.2) is 18.2 Å². The monoisotopic (exact) mass is 296 g/mol. The molecule has 2 nitrogen and oxygen atoms in total. The summed E-state index contributed by atoms with van der Waals surface area (Å²) in [4.78, 5) is 2.38. The molecule has 0 aliphatic rings. The van der Waals surface area contributed by atoms with Crippen molar-refractivity contribution in [3.8, 4) is 0 Å². The normalized spacial score (nSPS) is 13.1. The highest BCUT2D eigenvalue weighted by atomic mass is 35.5. The van der Waals surface area contributed by atoms with Gasteiger partial charge in [-0.05, 0) is 50.9 Å². The summed E-state index contributed by atoms with van der Waals surface area (Å²) in [5.74, 6) is 0.619. The highest BCUT2D eigenvalue weighted by molar-refractivity contribution is 6.33. The summed E-state index contributed by atoms with van der Waals surface area (Å²) >= 11 is 6.53. The summed E-state index contributed by atoms with van der Waals surface area (Å²) in [6.45, 7) is 15.2. The maximum absolute atomic E-state index is 6.53. The zero-order chi connectivity index (χ0) is 15.3.